The first-order valence-electron chi connectivity index (χ1n) is 10.5. The normalized spacial score (nSPS) is 18.7. The molecule has 1 saturated carbocycles. The van der Waals surface area contributed by atoms with Gasteiger partial charge in [0.25, 0.3) is 0 Å². The van der Waals surface area contributed by atoms with E-state index in [1.165, 1.54) is 0 Å². The fourth-order valence-corrected chi connectivity index (χ4v) is 4.37. The lowest BCUT2D eigenvalue weighted by Crippen LogP contribution is -2.40. The lowest BCUT2D eigenvalue weighted by atomic mass is 10.0. The van der Waals surface area contributed by atoms with Crippen LogP contribution < -0.4 is 4.74 Å². The van der Waals surface area contributed by atoms with E-state index in [1.54, 1.807) is 7.11 Å². The van der Waals surface area contributed by atoms with Crippen LogP contribution in [0, 0.1) is 5.92 Å². The summed E-state index contributed by atoms with van der Waals surface area (Å²) in [5.41, 5.74) is 2.95. The number of halogens is 1. The van der Waals surface area contributed by atoms with Gasteiger partial charge in [0, 0.05) is 23.9 Å². The van der Waals surface area contributed by atoms with Crippen molar-refractivity contribution in [2.75, 3.05) is 13.7 Å². The van der Waals surface area contributed by atoms with Gasteiger partial charge in [0.15, 0.2) is 6.10 Å². The molecule has 1 aliphatic carbocycles. The molecule has 1 fully saturated rings. The molecule has 1 unspecified atom stereocenters. The van der Waals surface area contributed by atoms with E-state index in [4.69, 9.17) is 21.2 Å². The van der Waals surface area contributed by atoms with Gasteiger partial charge in [-0.3, -0.25) is 4.79 Å². The van der Waals surface area contributed by atoms with Crippen LogP contribution in [-0.2, 0) is 16.2 Å². The maximum absolute atomic E-state index is 13.3. The van der Waals surface area contributed by atoms with Crippen LogP contribution in [0.1, 0.15) is 43.2 Å². The van der Waals surface area contributed by atoms with Crippen molar-refractivity contribution in [3.8, 4) is 5.75 Å². The third kappa shape index (κ3) is 4.96. The molecule has 158 valence electrons. The highest BCUT2D eigenvalue weighted by Crippen LogP contribution is 2.28. The summed E-state index contributed by atoms with van der Waals surface area (Å²) >= 11 is 5.99. The van der Waals surface area contributed by atoms with Crippen molar-refractivity contribution in [3.63, 3.8) is 0 Å². The van der Waals surface area contributed by atoms with E-state index in [9.17, 15) is 4.79 Å². The van der Waals surface area contributed by atoms with Crippen molar-refractivity contribution in [1.82, 2.24) is 4.90 Å². The highest BCUT2D eigenvalue weighted by Gasteiger charge is 2.31. The summed E-state index contributed by atoms with van der Waals surface area (Å²) < 4.78 is 5.35. The van der Waals surface area contributed by atoms with Crippen LogP contribution >= 0.6 is 11.6 Å². The van der Waals surface area contributed by atoms with Gasteiger partial charge in [0.2, 0.25) is 5.91 Å². The molecule has 1 atom stereocenters. The van der Waals surface area contributed by atoms with E-state index in [1.807, 2.05) is 53.4 Å². The maximum atomic E-state index is 13.3. The summed E-state index contributed by atoms with van der Waals surface area (Å²) in [5.74, 6) is 1.14. The number of amides is 1. The zero-order valence-electron chi connectivity index (χ0n) is 17.2. The smallest absolute Gasteiger partial charge is 0.226 e. The Kier molecular flexibility index (Phi) is 6.58. The lowest BCUT2D eigenvalue weighted by Gasteiger charge is -2.27. The van der Waals surface area contributed by atoms with Crippen LogP contribution in [0.5, 0.6) is 5.75 Å². The average Bonchev–Trinajstić information content (AvgIpc) is 3.46. The molecule has 30 heavy (non-hydrogen) atoms. The van der Waals surface area contributed by atoms with Crippen LogP contribution in [0.15, 0.2) is 53.7 Å². The Morgan fingerprint density at radius 3 is 2.70 bits per heavy atom. The number of rotatable bonds is 7. The van der Waals surface area contributed by atoms with E-state index in [-0.39, 0.29) is 17.9 Å². The summed E-state index contributed by atoms with van der Waals surface area (Å²) in [6, 6.07) is 15.5. The first-order chi connectivity index (χ1) is 14.6. The van der Waals surface area contributed by atoms with Crippen molar-refractivity contribution in [2.24, 2.45) is 11.1 Å². The molecule has 2 aromatic rings. The average molecular weight is 427 g/mol. The number of carbonyl (C=O) groups excluding carboxylic acids is 1. The molecule has 6 heteroatoms. The fraction of sp³-hybridized carbons (Fsp3) is 0.417. The molecule has 0 bridgehead atoms. The minimum Gasteiger partial charge on any atom is -0.497 e. The van der Waals surface area contributed by atoms with Gasteiger partial charge in [-0.25, -0.2) is 0 Å². The molecule has 1 amide bonds. The second-order valence-electron chi connectivity index (χ2n) is 8.03. The topological polar surface area (TPSA) is 51.1 Å². The highest BCUT2D eigenvalue weighted by atomic mass is 35.5. The van der Waals surface area contributed by atoms with Gasteiger partial charge >= 0.3 is 0 Å². The molecule has 0 radical (unpaired) electrons. The maximum Gasteiger partial charge on any atom is 0.226 e. The van der Waals surface area contributed by atoms with Gasteiger partial charge in [-0.1, -0.05) is 53.9 Å². The molecule has 0 spiro atoms. The van der Waals surface area contributed by atoms with Crippen LogP contribution in [0.4, 0.5) is 0 Å². The van der Waals surface area contributed by atoms with Crippen molar-refractivity contribution >= 4 is 23.2 Å². The number of oxime groups is 1. The third-order valence-corrected chi connectivity index (χ3v) is 6.11. The highest BCUT2D eigenvalue weighted by molar-refractivity contribution is 6.30. The van der Waals surface area contributed by atoms with E-state index in [0.29, 0.717) is 24.5 Å². The number of carbonyl (C=O) groups is 1. The van der Waals surface area contributed by atoms with Crippen molar-refractivity contribution < 1.29 is 14.4 Å². The number of hydrogen-bond donors (Lipinski definition) is 0. The Hall–Kier alpha value is -2.53. The Labute approximate surface area is 182 Å². The molecule has 1 heterocycles. The predicted octanol–water partition coefficient (Wildman–Crippen LogP) is 5.06. The minimum atomic E-state index is -0.147. The first kappa shape index (κ1) is 20.7. The second-order valence-corrected chi connectivity index (χ2v) is 8.46. The van der Waals surface area contributed by atoms with E-state index in [2.05, 4.69) is 5.16 Å². The Balaban J connectivity index is 1.45. The summed E-state index contributed by atoms with van der Waals surface area (Å²) in [7, 11) is 1.66. The zero-order chi connectivity index (χ0) is 20.9. The van der Waals surface area contributed by atoms with E-state index >= 15 is 0 Å². The summed E-state index contributed by atoms with van der Waals surface area (Å²) in [4.78, 5) is 20.9. The number of hydrogen-bond acceptors (Lipinski definition) is 4. The van der Waals surface area contributed by atoms with Gasteiger partial charge in [0.1, 0.15) is 5.75 Å². The lowest BCUT2D eigenvalue weighted by molar-refractivity contribution is -0.137. The van der Waals surface area contributed by atoms with Crippen LogP contribution in [0.25, 0.3) is 0 Å². The number of nitrogens with zero attached hydrogens (tertiary/aromatic N) is 2. The van der Waals surface area contributed by atoms with Gasteiger partial charge in [-0.15, -0.1) is 0 Å². The molecule has 5 nitrogen and oxygen atoms in total. The Morgan fingerprint density at radius 1 is 1.20 bits per heavy atom. The zero-order valence-corrected chi connectivity index (χ0v) is 18.0. The Morgan fingerprint density at radius 2 is 1.97 bits per heavy atom. The SMILES string of the molecule is COc1cccc(CN(CC2CC(c3ccc(Cl)cc3)=NO2)C(=O)C2CCCC2)c1. The molecule has 0 saturated heterocycles. The van der Waals surface area contributed by atoms with E-state index < -0.39 is 0 Å². The third-order valence-electron chi connectivity index (χ3n) is 5.86. The van der Waals surface area contributed by atoms with Gasteiger partial charge in [-0.2, -0.15) is 0 Å². The summed E-state index contributed by atoms with van der Waals surface area (Å²) in [6.45, 7) is 1.07. The van der Waals surface area contributed by atoms with Gasteiger partial charge in [0.05, 0.1) is 19.4 Å². The first-order valence-corrected chi connectivity index (χ1v) is 10.9. The van der Waals surface area contributed by atoms with Gasteiger partial charge in [-0.05, 0) is 48.2 Å². The molecular weight excluding hydrogens is 400 g/mol. The van der Waals surface area contributed by atoms with Crippen LogP contribution in [0.3, 0.4) is 0 Å². The molecule has 2 aliphatic rings. The molecular formula is C24H27ClN2O3. The molecule has 0 aromatic heterocycles. The summed E-state index contributed by atoms with van der Waals surface area (Å²) in [6.07, 6.45) is 4.75. The second kappa shape index (κ2) is 9.52. The Bertz CT molecular complexity index is 907. The quantitative estimate of drug-likeness (QED) is 0.621. The molecule has 2 aromatic carbocycles. The fourth-order valence-electron chi connectivity index (χ4n) is 4.24. The van der Waals surface area contributed by atoms with Crippen LogP contribution in [-0.4, -0.2) is 36.3 Å². The van der Waals surface area contributed by atoms with Crippen molar-refractivity contribution in [3.05, 3.63) is 64.7 Å². The molecule has 1 aliphatic heterocycles. The predicted molar refractivity (Wildman–Crippen MR) is 118 cm³/mol. The monoisotopic (exact) mass is 426 g/mol. The minimum absolute atomic E-state index is 0.119. The number of ether oxygens (including phenoxy) is 1. The van der Waals surface area contributed by atoms with Crippen molar-refractivity contribution in [2.45, 2.75) is 44.8 Å². The van der Waals surface area contributed by atoms with Crippen LogP contribution in [0.2, 0.25) is 5.02 Å². The number of benzene rings is 2. The van der Waals surface area contributed by atoms with Gasteiger partial charge < -0.3 is 14.5 Å². The van der Waals surface area contributed by atoms with Crippen molar-refractivity contribution in [1.29, 1.82) is 0 Å². The molecule has 0 N–H and O–H groups in total. The largest absolute Gasteiger partial charge is 0.497 e. The standard InChI is InChI=1S/C24H27ClN2O3/c1-29-21-8-4-5-17(13-21)15-27(24(28)19-6-2-3-7-19)16-22-14-23(26-30-22)18-9-11-20(25)12-10-18/h4-5,8-13,19,22H,2-3,6-7,14-16H2,1H3. The number of methoxy groups -OCH3 is 1. The molecule has 4 rings (SSSR count). The summed E-state index contributed by atoms with van der Waals surface area (Å²) in [5, 5.41) is 4.97. The van der Waals surface area contributed by atoms with E-state index in [0.717, 1.165) is 48.3 Å².